The molecule has 0 atom stereocenters. The fraction of sp³-hybridized carbons (Fsp3) is 0.238. The molecule has 148 valence electrons. The zero-order chi connectivity index (χ0) is 20.5. The van der Waals surface area contributed by atoms with Crippen molar-refractivity contribution in [2.45, 2.75) is 26.9 Å². The van der Waals surface area contributed by atoms with E-state index in [2.05, 4.69) is 5.10 Å². The lowest BCUT2D eigenvalue weighted by molar-refractivity contribution is -0.144. The summed E-state index contributed by atoms with van der Waals surface area (Å²) in [7, 11) is 0. The van der Waals surface area contributed by atoms with Crippen LogP contribution in [-0.4, -0.2) is 31.3 Å². The fourth-order valence-corrected chi connectivity index (χ4v) is 3.34. The molecule has 0 spiro atoms. The first kappa shape index (κ1) is 18.7. The molecule has 4 rings (SSSR count). The first-order valence-corrected chi connectivity index (χ1v) is 9.32. The van der Waals surface area contributed by atoms with Gasteiger partial charge >= 0.3 is 17.1 Å². The van der Waals surface area contributed by atoms with Gasteiger partial charge in [-0.1, -0.05) is 42.0 Å². The van der Waals surface area contributed by atoms with Gasteiger partial charge in [-0.15, -0.1) is 5.10 Å². The number of carbonyl (C=O) groups is 1. The second-order valence-electron chi connectivity index (χ2n) is 6.77. The van der Waals surface area contributed by atoms with Crippen LogP contribution in [0.2, 0.25) is 0 Å². The Morgan fingerprint density at radius 2 is 1.69 bits per heavy atom. The predicted molar refractivity (Wildman–Crippen MR) is 108 cm³/mol. The highest BCUT2D eigenvalue weighted by atomic mass is 16.5. The summed E-state index contributed by atoms with van der Waals surface area (Å²) in [6, 6.07) is 15.3. The van der Waals surface area contributed by atoms with Crippen LogP contribution in [0.4, 0.5) is 0 Å². The zero-order valence-corrected chi connectivity index (χ0v) is 16.2. The standard InChI is InChI=1S/C21H20N4O4/c1-3-29-18(26)13-24-19(27)20(28)25-17-7-5-4-6-16(17)23(21(25)22-24)12-15-10-8-14(2)9-11-15/h4-11H,3,12-13H2,1-2H3. The Morgan fingerprint density at radius 1 is 1.00 bits per heavy atom. The maximum absolute atomic E-state index is 12.8. The normalized spacial score (nSPS) is 11.2. The predicted octanol–water partition coefficient (Wildman–Crippen LogP) is 1.73. The monoisotopic (exact) mass is 392 g/mol. The number of aromatic nitrogens is 4. The van der Waals surface area contributed by atoms with Gasteiger partial charge in [0, 0.05) is 0 Å². The molecule has 4 aromatic rings. The van der Waals surface area contributed by atoms with Crippen LogP contribution in [0.25, 0.3) is 16.8 Å². The first-order chi connectivity index (χ1) is 14.0. The van der Waals surface area contributed by atoms with E-state index in [0.717, 1.165) is 21.3 Å². The minimum absolute atomic E-state index is 0.183. The number of hydrogen-bond acceptors (Lipinski definition) is 5. The third-order valence-corrected chi connectivity index (χ3v) is 4.73. The molecule has 29 heavy (non-hydrogen) atoms. The molecular formula is C21H20N4O4. The maximum atomic E-state index is 12.8. The van der Waals surface area contributed by atoms with Crippen molar-refractivity contribution in [3.8, 4) is 0 Å². The lowest BCUT2D eigenvalue weighted by Crippen LogP contribution is -2.42. The fourth-order valence-electron chi connectivity index (χ4n) is 3.34. The average Bonchev–Trinajstić information content (AvgIpc) is 3.01. The molecule has 2 aromatic carbocycles. The van der Waals surface area contributed by atoms with Gasteiger partial charge in [-0.3, -0.25) is 14.4 Å². The molecule has 0 radical (unpaired) electrons. The largest absolute Gasteiger partial charge is 0.465 e. The average molecular weight is 392 g/mol. The molecule has 0 fully saturated rings. The number of imidazole rings is 1. The molecule has 8 nitrogen and oxygen atoms in total. The molecule has 0 unspecified atom stereocenters. The van der Waals surface area contributed by atoms with Crippen molar-refractivity contribution in [1.29, 1.82) is 0 Å². The van der Waals surface area contributed by atoms with E-state index in [9.17, 15) is 14.4 Å². The molecule has 0 aliphatic rings. The summed E-state index contributed by atoms with van der Waals surface area (Å²) in [5.74, 6) is -0.326. The number of ether oxygens (including phenoxy) is 1. The van der Waals surface area contributed by atoms with E-state index < -0.39 is 23.6 Å². The number of esters is 1. The third kappa shape index (κ3) is 3.33. The number of nitrogens with zero attached hydrogens (tertiary/aromatic N) is 4. The third-order valence-electron chi connectivity index (χ3n) is 4.73. The van der Waals surface area contributed by atoms with Gasteiger partial charge in [0.05, 0.1) is 24.2 Å². The van der Waals surface area contributed by atoms with Crippen LogP contribution in [0.15, 0.2) is 58.1 Å². The summed E-state index contributed by atoms with van der Waals surface area (Å²) >= 11 is 0. The molecule has 0 N–H and O–H groups in total. The number of hydrogen-bond donors (Lipinski definition) is 0. The highest BCUT2D eigenvalue weighted by Crippen LogP contribution is 2.19. The van der Waals surface area contributed by atoms with Crippen molar-refractivity contribution in [3.63, 3.8) is 0 Å². The van der Waals surface area contributed by atoms with Gasteiger partial charge < -0.3 is 9.30 Å². The number of fused-ring (bicyclic) bond motifs is 3. The van der Waals surface area contributed by atoms with Crippen molar-refractivity contribution in [2.75, 3.05) is 6.61 Å². The topological polar surface area (TPSA) is 87.6 Å². The second-order valence-corrected chi connectivity index (χ2v) is 6.77. The number of benzene rings is 2. The number of aryl methyl sites for hydroxylation is 1. The smallest absolute Gasteiger partial charge is 0.333 e. The summed E-state index contributed by atoms with van der Waals surface area (Å²) in [5.41, 5.74) is 1.91. The summed E-state index contributed by atoms with van der Waals surface area (Å²) < 4.78 is 8.93. The Morgan fingerprint density at radius 3 is 2.38 bits per heavy atom. The number of para-hydroxylation sites is 2. The lowest BCUT2D eigenvalue weighted by atomic mass is 10.1. The molecule has 2 heterocycles. The summed E-state index contributed by atoms with van der Waals surface area (Å²) in [6.45, 7) is 3.92. The molecule has 0 saturated carbocycles. The highest BCUT2D eigenvalue weighted by molar-refractivity contribution is 5.80. The molecule has 0 amide bonds. The van der Waals surface area contributed by atoms with Gasteiger partial charge in [0.15, 0.2) is 0 Å². The van der Waals surface area contributed by atoms with Crippen LogP contribution in [0, 0.1) is 6.92 Å². The SMILES string of the molecule is CCOC(=O)Cn1nc2n(Cc3ccc(C)cc3)c3ccccc3n2c(=O)c1=O. The van der Waals surface area contributed by atoms with Crippen LogP contribution >= 0.6 is 0 Å². The lowest BCUT2D eigenvalue weighted by Gasteiger charge is -2.08. The second kappa shape index (κ2) is 7.38. The van der Waals surface area contributed by atoms with Crippen molar-refractivity contribution in [1.82, 2.24) is 18.7 Å². The Balaban J connectivity index is 1.96. The van der Waals surface area contributed by atoms with Crippen molar-refractivity contribution < 1.29 is 9.53 Å². The Bertz CT molecular complexity index is 1330. The van der Waals surface area contributed by atoms with Crippen LogP contribution in [0.3, 0.4) is 0 Å². The van der Waals surface area contributed by atoms with Crippen molar-refractivity contribution >= 4 is 22.8 Å². The summed E-state index contributed by atoms with van der Waals surface area (Å²) in [5, 5.41) is 4.34. The van der Waals surface area contributed by atoms with Crippen molar-refractivity contribution in [3.05, 3.63) is 80.4 Å². The number of rotatable bonds is 5. The molecule has 0 saturated heterocycles. The minimum atomic E-state index is -0.867. The van der Waals surface area contributed by atoms with Crippen LogP contribution in [0.5, 0.6) is 0 Å². The van der Waals surface area contributed by atoms with Gasteiger partial charge in [-0.25, -0.2) is 9.08 Å². The minimum Gasteiger partial charge on any atom is -0.465 e. The Hall–Kier alpha value is -3.68. The Labute approximate surface area is 165 Å². The van der Waals surface area contributed by atoms with E-state index >= 15 is 0 Å². The number of carbonyl (C=O) groups excluding carboxylic acids is 1. The van der Waals surface area contributed by atoms with Gasteiger partial charge in [-0.05, 0) is 31.5 Å². The van der Waals surface area contributed by atoms with Crippen molar-refractivity contribution in [2.24, 2.45) is 0 Å². The summed E-state index contributed by atoms with van der Waals surface area (Å²) in [6.07, 6.45) is 0. The first-order valence-electron chi connectivity index (χ1n) is 9.32. The van der Waals surface area contributed by atoms with Gasteiger partial charge in [0.25, 0.3) is 0 Å². The van der Waals surface area contributed by atoms with E-state index in [-0.39, 0.29) is 6.61 Å². The molecule has 8 heteroatoms. The molecular weight excluding hydrogens is 372 g/mol. The van der Waals surface area contributed by atoms with E-state index in [4.69, 9.17) is 4.74 Å². The van der Waals surface area contributed by atoms with Gasteiger partial charge in [0.2, 0.25) is 5.78 Å². The Kier molecular flexibility index (Phi) is 4.75. The van der Waals surface area contributed by atoms with Crippen LogP contribution < -0.4 is 11.1 Å². The van der Waals surface area contributed by atoms with Gasteiger partial charge in [-0.2, -0.15) is 0 Å². The molecule has 0 aliphatic heterocycles. The quantitative estimate of drug-likeness (QED) is 0.381. The molecule has 0 bridgehead atoms. The summed E-state index contributed by atoms with van der Waals surface area (Å²) in [4.78, 5) is 37.2. The van der Waals surface area contributed by atoms with E-state index in [0.29, 0.717) is 17.8 Å². The van der Waals surface area contributed by atoms with E-state index in [1.807, 2.05) is 47.9 Å². The maximum Gasteiger partial charge on any atom is 0.333 e. The molecule has 2 aromatic heterocycles. The van der Waals surface area contributed by atoms with E-state index in [1.165, 1.54) is 4.40 Å². The molecule has 0 aliphatic carbocycles. The van der Waals surface area contributed by atoms with Crippen LogP contribution in [-0.2, 0) is 22.6 Å². The zero-order valence-electron chi connectivity index (χ0n) is 16.2. The van der Waals surface area contributed by atoms with E-state index in [1.54, 1.807) is 19.1 Å². The van der Waals surface area contributed by atoms with Gasteiger partial charge in [0.1, 0.15) is 6.54 Å². The highest BCUT2D eigenvalue weighted by Gasteiger charge is 2.18. The van der Waals surface area contributed by atoms with Crippen LogP contribution in [0.1, 0.15) is 18.1 Å².